The second kappa shape index (κ2) is 6.81. The Morgan fingerprint density at radius 1 is 1.16 bits per heavy atom. The fraction of sp³-hybridized carbons (Fsp3) is 0.500. The minimum atomic E-state index is -4.13. The van der Waals surface area contributed by atoms with Gasteiger partial charge in [-0.1, -0.05) is 26.2 Å². The number of sulfonamides is 1. The van der Waals surface area contributed by atoms with Gasteiger partial charge in [-0.25, -0.2) is 22.3 Å². The van der Waals surface area contributed by atoms with E-state index in [0.29, 0.717) is 18.6 Å². The summed E-state index contributed by atoms with van der Waals surface area (Å²) in [5.41, 5.74) is 0. The lowest BCUT2D eigenvalue weighted by molar-refractivity contribution is 0.274. The lowest BCUT2D eigenvalue weighted by atomic mass is 10.2. The molecular formula is C12H17F2NO3S. The number of benzene rings is 1. The highest BCUT2D eigenvalue weighted by atomic mass is 32.2. The SMILES string of the molecule is CCCCCCOc1c(F)cc(S(N)(=O)=O)cc1F. The maximum absolute atomic E-state index is 13.5. The highest BCUT2D eigenvalue weighted by Crippen LogP contribution is 2.25. The largest absolute Gasteiger partial charge is 0.488 e. The number of hydrogen-bond acceptors (Lipinski definition) is 3. The minimum absolute atomic E-state index is 0.183. The summed E-state index contributed by atoms with van der Waals surface area (Å²) in [5, 5.41) is 4.80. The zero-order chi connectivity index (χ0) is 14.5. The zero-order valence-corrected chi connectivity index (χ0v) is 11.5. The molecule has 0 aliphatic heterocycles. The number of ether oxygens (including phenoxy) is 1. The van der Waals surface area contributed by atoms with Crippen LogP contribution in [0.5, 0.6) is 5.75 Å². The Labute approximate surface area is 111 Å². The standard InChI is InChI=1S/C12H17F2NO3S/c1-2-3-4-5-6-18-12-10(13)7-9(8-11(12)14)19(15,16)17/h7-8H,2-6H2,1H3,(H2,15,16,17). The number of rotatable bonds is 7. The fourth-order valence-electron chi connectivity index (χ4n) is 1.54. The number of unbranched alkanes of at least 4 members (excludes halogenated alkanes) is 3. The lowest BCUT2D eigenvalue weighted by Crippen LogP contribution is -2.13. The van der Waals surface area contributed by atoms with Crippen LogP contribution in [0.2, 0.25) is 0 Å². The topological polar surface area (TPSA) is 69.4 Å². The summed E-state index contributed by atoms with van der Waals surface area (Å²) in [6.45, 7) is 2.23. The Balaban J connectivity index is 2.75. The first-order chi connectivity index (χ1) is 8.86. The molecule has 2 N–H and O–H groups in total. The fourth-order valence-corrected chi connectivity index (χ4v) is 2.08. The number of halogens is 2. The molecule has 1 aromatic carbocycles. The Morgan fingerprint density at radius 2 is 1.74 bits per heavy atom. The second-order valence-electron chi connectivity index (χ2n) is 4.17. The Morgan fingerprint density at radius 3 is 2.21 bits per heavy atom. The lowest BCUT2D eigenvalue weighted by Gasteiger charge is -2.09. The molecule has 0 aromatic heterocycles. The van der Waals surface area contributed by atoms with Gasteiger partial charge < -0.3 is 4.74 Å². The van der Waals surface area contributed by atoms with E-state index >= 15 is 0 Å². The van der Waals surface area contributed by atoms with Crippen molar-refractivity contribution in [1.82, 2.24) is 0 Å². The van der Waals surface area contributed by atoms with E-state index in [9.17, 15) is 17.2 Å². The molecule has 0 spiro atoms. The van der Waals surface area contributed by atoms with Gasteiger partial charge in [0, 0.05) is 0 Å². The van der Waals surface area contributed by atoms with Crippen LogP contribution in [0.15, 0.2) is 17.0 Å². The second-order valence-corrected chi connectivity index (χ2v) is 5.73. The number of primary sulfonamides is 1. The maximum atomic E-state index is 13.5. The molecule has 108 valence electrons. The van der Waals surface area contributed by atoms with Gasteiger partial charge in [0.1, 0.15) is 0 Å². The van der Waals surface area contributed by atoms with E-state index in [-0.39, 0.29) is 6.61 Å². The summed E-state index contributed by atoms with van der Waals surface area (Å²) >= 11 is 0. The van der Waals surface area contributed by atoms with Crippen molar-refractivity contribution in [2.75, 3.05) is 6.61 Å². The normalized spacial score (nSPS) is 11.6. The van der Waals surface area contributed by atoms with Gasteiger partial charge in [-0.2, -0.15) is 0 Å². The minimum Gasteiger partial charge on any atom is -0.488 e. The Kier molecular flexibility index (Phi) is 5.68. The van der Waals surface area contributed by atoms with Crippen LogP contribution in [-0.4, -0.2) is 15.0 Å². The highest BCUT2D eigenvalue weighted by Gasteiger charge is 2.17. The van der Waals surface area contributed by atoms with Crippen molar-refractivity contribution in [2.45, 2.75) is 37.5 Å². The summed E-state index contributed by atoms with van der Waals surface area (Å²) in [5.74, 6) is -2.71. The zero-order valence-electron chi connectivity index (χ0n) is 10.7. The van der Waals surface area contributed by atoms with Gasteiger partial charge in [-0.3, -0.25) is 0 Å². The molecule has 0 aliphatic carbocycles. The van der Waals surface area contributed by atoms with E-state index in [1.807, 2.05) is 6.92 Å². The van der Waals surface area contributed by atoms with Crippen LogP contribution < -0.4 is 9.88 Å². The average Bonchev–Trinajstić information content (AvgIpc) is 2.30. The Hall–Kier alpha value is -1.21. The predicted molar refractivity (Wildman–Crippen MR) is 67.4 cm³/mol. The van der Waals surface area contributed by atoms with Crippen molar-refractivity contribution < 1.29 is 21.9 Å². The molecule has 0 saturated carbocycles. The van der Waals surface area contributed by atoms with Crippen molar-refractivity contribution in [2.24, 2.45) is 5.14 Å². The van der Waals surface area contributed by atoms with Gasteiger partial charge in [0.25, 0.3) is 0 Å². The highest BCUT2D eigenvalue weighted by molar-refractivity contribution is 7.89. The molecule has 0 radical (unpaired) electrons. The summed E-state index contributed by atoms with van der Waals surface area (Å²) in [6.07, 6.45) is 3.67. The maximum Gasteiger partial charge on any atom is 0.238 e. The molecule has 0 amide bonds. The first-order valence-corrected chi connectivity index (χ1v) is 7.55. The first kappa shape index (κ1) is 15.8. The van der Waals surface area contributed by atoms with E-state index in [1.54, 1.807) is 0 Å². The molecule has 0 unspecified atom stereocenters. The van der Waals surface area contributed by atoms with Gasteiger partial charge in [0.05, 0.1) is 11.5 Å². The van der Waals surface area contributed by atoms with Crippen LogP contribution >= 0.6 is 0 Å². The first-order valence-electron chi connectivity index (χ1n) is 6.01. The van der Waals surface area contributed by atoms with Crippen molar-refractivity contribution in [3.05, 3.63) is 23.8 Å². The summed E-state index contributed by atoms with van der Waals surface area (Å²) < 4.78 is 54.0. The van der Waals surface area contributed by atoms with Crippen LogP contribution in [0.3, 0.4) is 0 Å². The third-order valence-electron chi connectivity index (χ3n) is 2.54. The monoisotopic (exact) mass is 293 g/mol. The van der Waals surface area contributed by atoms with Crippen LogP contribution in [0, 0.1) is 11.6 Å². The third kappa shape index (κ3) is 4.76. The van der Waals surface area contributed by atoms with E-state index < -0.39 is 32.3 Å². The van der Waals surface area contributed by atoms with E-state index in [2.05, 4.69) is 0 Å². The summed E-state index contributed by atoms with van der Waals surface area (Å²) in [6, 6.07) is 1.31. The summed E-state index contributed by atoms with van der Waals surface area (Å²) in [4.78, 5) is -0.610. The smallest absolute Gasteiger partial charge is 0.238 e. The van der Waals surface area contributed by atoms with Crippen LogP contribution in [0.25, 0.3) is 0 Å². The van der Waals surface area contributed by atoms with Crippen LogP contribution in [0.4, 0.5) is 8.78 Å². The van der Waals surface area contributed by atoms with Crippen molar-refractivity contribution in [3.8, 4) is 5.75 Å². The molecule has 0 atom stereocenters. The van der Waals surface area contributed by atoms with E-state index in [0.717, 1.165) is 19.3 Å². The van der Waals surface area contributed by atoms with E-state index in [1.165, 1.54) is 0 Å². The van der Waals surface area contributed by atoms with Gasteiger partial charge in [0.15, 0.2) is 17.4 Å². The molecule has 0 bridgehead atoms. The van der Waals surface area contributed by atoms with Gasteiger partial charge >= 0.3 is 0 Å². The average molecular weight is 293 g/mol. The number of hydrogen-bond donors (Lipinski definition) is 1. The molecule has 19 heavy (non-hydrogen) atoms. The third-order valence-corrected chi connectivity index (χ3v) is 3.44. The molecule has 0 saturated heterocycles. The molecule has 0 aliphatic rings. The van der Waals surface area contributed by atoms with Crippen LogP contribution in [-0.2, 0) is 10.0 Å². The molecule has 4 nitrogen and oxygen atoms in total. The summed E-state index contributed by atoms with van der Waals surface area (Å²) in [7, 11) is -4.13. The van der Waals surface area contributed by atoms with Crippen LogP contribution in [0.1, 0.15) is 32.6 Å². The van der Waals surface area contributed by atoms with Crippen molar-refractivity contribution >= 4 is 10.0 Å². The quantitative estimate of drug-likeness (QED) is 0.785. The molecule has 0 heterocycles. The van der Waals surface area contributed by atoms with Crippen molar-refractivity contribution in [3.63, 3.8) is 0 Å². The molecule has 7 heteroatoms. The predicted octanol–water partition coefficient (Wildman–Crippen LogP) is 2.57. The van der Waals surface area contributed by atoms with Crippen molar-refractivity contribution in [1.29, 1.82) is 0 Å². The van der Waals surface area contributed by atoms with Gasteiger partial charge in [-0.05, 0) is 18.6 Å². The molecule has 1 aromatic rings. The molecule has 0 fully saturated rings. The van der Waals surface area contributed by atoms with Gasteiger partial charge in [-0.15, -0.1) is 0 Å². The Bertz CT molecular complexity index is 509. The number of nitrogens with two attached hydrogens (primary N) is 1. The molecule has 1 rings (SSSR count). The van der Waals surface area contributed by atoms with E-state index in [4.69, 9.17) is 9.88 Å². The van der Waals surface area contributed by atoms with Gasteiger partial charge in [0.2, 0.25) is 10.0 Å². The molecular weight excluding hydrogens is 276 g/mol.